The Labute approximate surface area is 250 Å². The monoisotopic (exact) mass is 724 g/mol. The molecule has 254 valence electrons. The first-order valence-corrected chi connectivity index (χ1v) is 15.0. The maximum Gasteiger partial charge on any atom is 0.457 e. The number of rotatable bonds is 7. The fraction of sp³-hybridized carbons (Fsp3) is 0.308. The fourth-order valence-corrected chi connectivity index (χ4v) is 10.4. The van der Waals surface area contributed by atoms with Crippen molar-refractivity contribution in [2.45, 2.75) is 61.1 Å². The van der Waals surface area contributed by atoms with E-state index in [1.807, 2.05) is 0 Å². The maximum atomic E-state index is 16.2. The van der Waals surface area contributed by atoms with Crippen LogP contribution in [0.25, 0.3) is 0 Å². The summed E-state index contributed by atoms with van der Waals surface area (Å²) in [6, 6.07) is 16.0. The molecule has 0 spiro atoms. The first-order valence-electron chi connectivity index (χ1n) is 12.0. The van der Waals surface area contributed by atoms with Crippen LogP contribution in [0.15, 0.2) is 106 Å². The molecule has 3 aromatic rings. The number of alkyl halides is 15. The zero-order valence-electron chi connectivity index (χ0n) is 21.9. The van der Waals surface area contributed by atoms with Gasteiger partial charge in [-0.3, -0.25) is 0 Å². The van der Waals surface area contributed by atoms with E-state index in [0.717, 1.165) is 72.8 Å². The lowest BCUT2D eigenvalue weighted by atomic mass is 9.69. The molecule has 3 nitrogen and oxygen atoms in total. The van der Waals surface area contributed by atoms with Crippen molar-refractivity contribution in [3.05, 3.63) is 91.0 Å². The third-order valence-electron chi connectivity index (χ3n) is 7.01. The van der Waals surface area contributed by atoms with Gasteiger partial charge in [0.1, 0.15) is 0 Å². The highest BCUT2D eigenvalue weighted by Gasteiger charge is 3.08. The van der Waals surface area contributed by atoms with E-state index in [1.54, 1.807) is 0 Å². The van der Waals surface area contributed by atoms with Crippen molar-refractivity contribution >= 4 is 20.4 Å². The zero-order chi connectivity index (χ0) is 35.0. The molecule has 1 saturated carbocycles. The van der Waals surface area contributed by atoms with Crippen LogP contribution >= 0.6 is 10.3 Å². The van der Waals surface area contributed by atoms with Crippen molar-refractivity contribution in [3.8, 4) is 0 Å². The number of hydrogen-bond acceptors (Lipinski definition) is 3. The van der Waals surface area contributed by atoms with Crippen molar-refractivity contribution in [1.82, 2.24) is 0 Å². The molecular formula is C26H15F15O3S2. The minimum absolute atomic E-state index is 0.524. The summed E-state index contributed by atoms with van der Waals surface area (Å²) in [6.07, 6.45) is -8.00. The molecule has 1 aliphatic rings. The molecular weight excluding hydrogens is 709 g/mol. The molecule has 4 rings (SSSR count). The molecule has 0 heterocycles. The molecule has 0 N–H and O–H groups in total. The van der Waals surface area contributed by atoms with Crippen molar-refractivity contribution in [3.63, 3.8) is 0 Å². The predicted octanol–water partition coefficient (Wildman–Crippen LogP) is 9.36. The van der Waals surface area contributed by atoms with Crippen LogP contribution in [0.4, 0.5) is 65.9 Å². The third kappa shape index (κ3) is 4.10. The minimum atomic E-state index is -8.66. The van der Waals surface area contributed by atoms with Crippen LogP contribution in [0.3, 0.4) is 0 Å². The number of hydrogen-bond donors (Lipinski definition) is 0. The van der Waals surface area contributed by atoms with Gasteiger partial charge in [0.25, 0.3) is 0 Å². The minimum Gasteiger partial charge on any atom is -0.223 e. The van der Waals surface area contributed by atoms with Gasteiger partial charge in [-0.2, -0.15) is 65.5 Å². The molecule has 0 aromatic heterocycles. The topological polar surface area (TPSA) is 43.4 Å². The predicted molar refractivity (Wildman–Crippen MR) is 130 cm³/mol. The van der Waals surface area contributed by atoms with Gasteiger partial charge in [0.05, 0.1) is 0 Å². The fourth-order valence-electron chi connectivity index (χ4n) is 4.68. The Balaban J connectivity index is 2.12. The van der Waals surface area contributed by atoms with Gasteiger partial charge in [0, 0.05) is 14.7 Å². The van der Waals surface area contributed by atoms with Gasteiger partial charge in [-0.1, -0.05) is 54.6 Å². The van der Waals surface area contributed by atoms with E-state index in [9.17, 15) is 52.3 Å². The Morgan fingerprint density at radius 3 is 1.02 bits per heavy atom. The lowest BCUT2D eigenvalue weighted by Gasteiger charge is -2.56. The summed E-state index contributed by atoms with van der Waals surface area (Å²) in [7, 11) is -12.7. The van der Waals surface area contributed by atoms with Crippen molar-refractivity contribution < 1.29 is 77.9 Å². The molecule has 0 saturated heterocycles. The molecule has 46 heavy (non-hydrogen) atoms. The molecule has 1 aliphatic carbocycles. The van der Waals surface area contributed by atoms with Crippen LogP contribution in [0, 0.1) is 0 Å². The third-order valence-corrected chi connectivity index (χ3v) is 12.6. The average Bonchev–Trinajstić information content (AvgIpc) is 2.98. The summed E-state index contributed by atoms with van der Waals surface area (Å²) in [6.45, 7) is 0. The van der Waals surface area contributed by atoms with Gasteiger partial charge in [-0.05, 0) is 46.7 Å². The second-order valence-corrected chi connectivity index (χ2v) is 14.2. The first kappa shape index (κ1) is 35.7. The molecule has 20 heteroatoms. The van der Waals surface area contributed by atoms with Gasteiger partial charge in [0.2, 0.25) is 0 Å². The van der Waals surface area contributed by atoms with E-state index < -0.39 is 81.6 Å². The van der Waals surface area contributed by atoms with Crippen molar-refractivity contribution in [2.24, 2.45) is 0 Å². The Morgan fingerprint density at radius 1 is 0.478 bits per heavy atom. The first-order chi connectivity index (χ1) is 20.8. The summed E-state index contributed by atoms with van der Waals surface area (Å²) in [5, 5.41) is -7.91. The van der Waals surface area contributed by atoms with E-state index in [2.05, 4.69) is 3.63 Å². The quantitative estimate of drug-likeness (QED) is 0.228. The molecule has 0 amide bonds. The second-order valence-electron chi connectivity index (χ2n) is 9.64. The van der Waals surface area contributed by atoms with Crippen molar-refractivity contribution in [1.29, 1.82) is 0 Å². The summed E-state index contributed by atoms with van der Waals surface area (Å²) < 4.78 is 249. The van der Waals surface area contributed by atoms with E-state index in [-0.39, 0.29) is 0 Å². The molecule has 0 aliphatic heterocycles. The van der Waals surface area contributed by atoms with Crippen LogP contribution in [0.1, 0.15) is 0 Å². The summed E-state index contributed by atoms with van der Waals surface area (Å²) in [5.74, 6) is -42.1. The Kier molecular flexibility index (Phi) is 8.10. The smallest absolute Gasteiger partial charge is 0.223 e. The Bertz CT molecular complexity index is 1560. The summed E-state index contributed by atoms with van der Waals surface area (Å²) in [4.78, 5) is -1.57. The lowest BCUT2D eigenvalue weighted by molar-refractivity contribution is -0.493. The van der Waals surface area contributed by atoms with Crippen molar-refractivity contribution in [2.75, 3.05) is 0 Å². The number of benzene rings is 3. The molecule has 1 fully saturated rings. The highest BCUT2D eigenvalue weighted by atomic mass is 32.3. The zero-order valence-corrected chi connectivity index (χ0v) is 23.5. The highest BCUT2D eigenvalue weighted by Crippen LogP contribution is 2.77. The van der Waals surface area contributed by atoms with E-state index in [0.29, 0.717) is 0 Å². The highest BCUT2D eigenvalue weighted by molar-refractivity contribution is 8.33. The molecule has 3 aromatic carbocycles. The molecule has 0 bridgehead atoms. The Hall–Kier alpha value is -3.13. The van der Waals surface area contributed by atoms with E-state index >= 15 is 22.0 Å². The van der Waals surface area contributed by atoms with Gasteiger partial charge in [-0.15, -0.1) is 0 Å². The number of halogens is 15. The molecule has 0 radical (unpaired) electrons. The normalized spacial score (nSPS) is 26.3. The summed E-state index contributed by atoms with van der Waals surface area (Å²) in [5.41, 5.74) is -8.66. The second kappa shape index (κ2) is 10.4. The molecule has 0 unspecified atom stereocenters. The summed E-state index contributed by atoms with van der Waals surface area (Å²) >= 11 is 0. The van der Waals surface area contributed by atoms with Crippen LogP contribution in [-0.4, -0.2) is 54.9 Å². The van der Waals surface area contributed by atoms with Gasteiger partial charge >= 0.3 is 56.6 Å². The SMILES string of the molecule is O=S(=O)(OS(c1ccccc1)(c1ccccc1)c1ccccc1)C1(F)C(F)(F)C(F)(F)C(F)(C(F)(F)C(F)(F)F)C(F)(F)C1(F)F. The maximum absolute atomic E-state index is 16.2. The van der Waals surface area contributed by atoms with Crippen LogP contribution in [0.5, 0.6) is 0 Å². The van der Waals surface area contributed by atoms with Gasteiger partial charge < -0.3 is 0 Å². The molecule has 0 atom stereocenters. The van der Waals surface area contributed by atoms with Gasteiger partial charge in [0.15, 0.2) is 0 Å². The standard InChI is InChI=1S/C26H15F15O3S2/c27-19(22(32,33)26(39,40)41)20(28,29)23(34,35)25(38,24(36,37)21(19,30)31)46(42,43)44-45(16-10-4-1-5-11-16,17-12-6-2-7-13-17)18-14-8-3-9-15-18/h1-15H. The van der Waals surface area contributed by atoms with E-state index in [1.165, 1.54) is 18.2 Å². The lowest BCUT2D eigenvalue weighted by Crippen LogP contribution is -2.90. The average molecular weight is 725 g/mol. The van der Waals surface area contributed by atoms with E-state index in [4.69, 9.17) is 0 Å². The van der Waals surface area contributed by atoms with Crippen LogP contribution < -0.4 is 0 Å². The van der Waals surface area contributed by atoms with Gasteiger partial charge in [-0.25, -0.2) is 12.4 Å². The van der Waals surface area contributed by atoms with Crippen LogP contribution in [0.2, 0.25) is 0 Å². The Morgan fingerprint density at radius 2 is 0.761 bits per heavy atom. The van der Waals surface area contributed by atoms with Crippen LogP contribution in [-0.2, 0) is 13.7 Å². The largest absolute Gasteiger partial charge is 0.457 e.